The van der Waals surface area contributed by atoms with E-state index in [1.807, 2.05) is 4.68 Å². The van der Waals surface area contributed by atoms with Crippen molar-refractivity contribution < 1.29 is 0 Å². The predicted octanol–water partition coefficient (Wildman–Crippen LogP) is 3.44. The Morgan fingerprint density at radius 3 is 2.94 bits per heavy atom. The van der Waals surface area contributed by atoms with Gasteiger partial charge in [0.15, 0.2) is 0 Å². The van der Waals surface area contributed by atoms with Crippen molar-refractivity contribution in [1.29, 1.82) is 0 Å². The minimum atomic E-state index is 0.450. The Morgan fingerprint density at radius 2 is 2.28 bits per heavy atom. The second kappa shape index (κ2) is 6.74. The third kappa shape index (κ3) is 3.98. The summed E-state index contributed by atoms with van der Waals surface area (Å²) in [4.78, 5) is 0. The Balaban J connectivity index is 1.66. The van der Waals surface area contributed by atoms with E-state index in [2.05, 4.69) is 42.6 Å². The quantitative estimate of drug-likeness (QED) is 0.616. The van der Waals surface area contributed by atoms with Crippen LogP contribution in [0.15, 0.2) is 23.9 Å². The van der Waals surface area contributed by atoms with E-state index in [0.29, 0.717) is 6.04 Å². The lowest BCUT2D eigenvalue weighted by Crippen LogP contribution is -2.16. The van der Waals surface area contributed by atoms with Crippen molar-refractivity contribution in [2.45, 2.75) is 58.5 Å². The summed E-state index contributed by atoms with van der Waals surface area (Å²) in [5.41, 5.74) is 2.78. The SMILES string of the molecule is CC(C)n1ccc(CNCCC2=CCCCC2)n1. The molecular weight excluding hydrogens is 222 g/mol. The van der Waals surface area contributed by atoms with Crippen LogP contribution in [-0.4, -0.2) is 16.3 Å². The van der Waals surface area contributed by atoms with Crippen molar-refractivity contribution >= 4 is 0 Å². The van der Waals surface area contributed by atoms with Gasteiger partial charge in [0.05, 0.1) is 5.69 Å². The summed E-state index contributed by atoms with van der Waals surface area (Å²) >= 11 is 0. The maximum absolute atomic E-state index is 4.53. The van der Waals surface area contributed by atoms with Gasteiger partial charge in [-0.25, -0.2) is 0 Å². The number of allylic oxidation sites excluding steroid dienone is 1. The van der Waals surface area contributed by atoms with E-state index in [-0.39, 0.29) is 0 Å². The lowest BCUT2D eigenvalue weighted by molar-refractivity contribution is 0.521. The minimum Gasteiger partial charge on any atom is -0.311 e. The second-order valence-corrected chi connectivity index (χ2v) is 5.42. The molecule has 2 rings (SSSR count). The largest absolute Gasteiger partial charge is 0.311 e. The van der Waals surface area contributed by atoms with E-state index in [0.717, 1.165) is 18.8 Å². The van der Waals surface area contributed by atoms with Gasteiger partial charge in [0, 0.05) is 18.8 Å². The number of aromatic nitrogens is 2. The Morgan fingerprint density at radius 1 is 1.39 bits per heavy atom. The summed E-state index contributed by atoms with van der Waals surface area (Å²) < 4.78 is 2.01. The highest BCUT2D eigenvalue weighted by atomic mass is 15.3. The van der Waals surface area contributed by atoms with Crippen LogP contribution in [0.4, 0.5) is 0 Å². The molecule has 1 aliphatic rings. The number of rotatable bonds is 6. The second-order valence-electron chi connectivity index (χ2n) is 5.42. The molecule has 0 spiro atoms. The Labute approximate surface area is 110 Å². The molecule has 1 aromatic rings. The highest BCUT2D eigenvalue weighted by molar-refractivity contribution is 5.05. The van der Waals surface area contributed by atoms with Crippen LogP contribution >= 0.6 is 0 Å². The van der Waals surface area contributed by atoms with Gasteiger partial charge in [-0.15, -0.1) is 0 Å². The lowest BCUT2D eigenvalue weighted by Gasteiger charge is -2.12. The number of nitrogens with zero attached hydrogens (tertiary/aromatic N) is 2. The fourth-order valence-electron chi connectivity index (χ4n) is 2.36. The van der Waals surface area contributed by atoms with Crippen LogP contribution in [0.25, 0.3) is 0 Å². The zero-order valence-corrected chi connectivity index (χ0v) is 11.7. The molecule has 1 N–H and O–H groups in total. The van der Waals surface area contributed by atoms with Gasteiger partial charge in [0.2, 0.25) is 0 Å². The Hall–Kier alpha value is -1.09. The molecule has 100 valence electrons. The van der Waals surface area contributed by atoms with Crippen LogP contribution in [-0.2, 0) is 6.54 Å². The van der Waals surface area contributed by atoms with Crippen LogP contribution in [0, 0.1) is 0 Å². The van der Waals surface area contributed by atoms with Gasteiger partial charge in [0.25, 0.3) is 0 Å². The van der Waals surface area contributed by atoms with Crippen molar-refractivity contribution in [2.24, 2.45) is 0 Å². The first-order valence-electron chi connectivity index (χ1n) is 7.18. The van der Waals surface area contributed by atoms with Gasteiger partial charge in [-0.3, -0.25) is 4.68 Å². The van der Waals surface area contributed by atoms with Crippen molar-refractivity contribution in [3.8, 4) is 0 Å². The molecule has 0 fully saturated rings. The summed E-state index contributed by atoms with van der Waals surface area (Å²) in [5, 5.41) is 8.02. The van der Waals surface area contributed by atoms with Crippen molar-refractivity contribution in [2.75, 3.05) is 6.54 Å². The fourth-order valence-corrected chi connectivity index (χ4v) is 2.36. The molecule has 0 radical (unpaired) electrons. The molecule has 0 aromatic carbocycles. The van der Waals surface area contributed by atoms with Crippen LogP contribution in [0.1, 0.15) is 57.7 Å². The molecule has 0 atom stereocenters. The summed E-state index contributed by atoms with van der Waals surface area (Å²) in [6.45, 7) is 6.26. The highest BCUT2D eigenvalue weighted by Gasteiger charge is 2.04. The molecule has 18 heavy (non-hydrogen) atoms. The van der Waals surface area contributed by atoms with Gasteiger partial charge in [0.1, 0.15) is 0 Å². The van der Waals surface area contributed by atoms with Crippen LogP contribution in [0.2, 0.25) is 0 Å². The van der Waals surface area contributed by atoms with Gasteiger partial charge >= 0.3 is 0 Å². The average molecular weight is 247 g/mol. The molecule has 0 bridgehead atoms. The van der Waals surface area contributed by atoms with Crippen molar-refractivity contribution in [1.82, 2.24) is 15.1 Å². The molecule has 1 heterocycles. The molecule has 1 aromatic heterocycles. The zero-order valence-electron chi connectivity index (χ0n) is 11.7. The Bertz CT molecular complexity index is 390. The molecule has 0 aliphatic heterocycles. The summed E-state index contributed by atoms with van der Waals surface area (Å²) in [7, 11) is 0. The minimum absolute atomic E-state index is 0.450. The number of nitrogens with one attached hydrogen (secondary N) is 1. The maximum Gasteiger partial charge on any atom is 0.0762 e. The molecular formula is C15H25N3. The predicted molar refractivity (Wildman–Crippen MR) is 75.5 cm³/mol. The van der Waals surface area contributed by atoms with Crippen molar-refractivity contribution in [3.05, 3.63) is 29.6 Å². The molecule has 3 nitrogen and oxygen atoms in total. The molecule has 1 aliphatic carbocycles. The maximum atomic E-state index is 4.53. The van der Waals surface area contributed by atoms with E-state index >= 15 is 0 Å². The first-order valence-corrected chi connectivity index (χ1v) is 7.18. The molecule has 0 saturated heterocycles. The van der Waals surface area contributed by atoms with Gasteiger partial charge in [-0.1, -0.05) is 11.6 Å². The van der Waals surface area contributed by atoms with Crippen LogP contribution in [0.3, 0.4) is 0 Å². The molecule has 0 amide bonds. The summed E-state index contributed by atoms with van der Waals surface area (Å²) in [5.74, 6) is 0. The monoisotopic (exact) mass is 247 g/mol. The lowest BCUT2D eigenvalue weighted by atomic mass is 9.97. The van der Waals surface area contributed by atoms with Crippen LogP contribution in [0.5, 0.6) is 0 Å². The first-order chi connectivity index (χ1) is 8.75. The van der Waals surface area contributed by atoms with Crippen LogP contribution < -0.4 is 5.32 Å². The normalized spacial score (nSPS) is 16.1. The van der Waals surface area contributed by atoms with E-state index in [9.17, 15) is 0 Å². The zero-order chi connectivity index (χ0) is 12.8. The van der Waals surface area contributed by atoms with Gasteiger partial charge in [-0.2, -0.15) is 5.10 Å². The highest BCUT2D eigenvalue weighted by Crippen LogP contribution is 2.19. The number of hydrogen-bond acceptors (Lipinski definition) is 2. The molecule has 3 heteroatoms. The Kier molecular flexibility index (Phi) is 5.00. The molecule has 0 saturated carbocycles. The first kappa shape index (κ1) is 13.3. The standard InChI is InChI=1S/C15H25N3/c1-13(2)18-11-9-15(17-18)12-16-10-8-14-6-4-3-5-7-14/h6,9,11,13,16H,3-5,7-8,10,12H2,1-2H3. The third-order valence-corrected chi connectivity index (χ3v) is 3.51. The summed E-state index contributed by atoms with van der Waals surface area (Å²) in [6, 6.07) is 2.55. The van der Waals surface area contributed by atoms with Gasteiger partial charge in [-0.05, 0) is 58.6 Å². The third-order valence-electron chi connectivity index (χ3n) is 3.51. The smallest absolute Gasteiger partial charge is 0.0762 e. The van der Waals surface area contributed by atoms with E-state index < -0.39 is 0 Å². The van der Waals surface area contributed by atoms with E-state index in [1.54, 1.807) is 5.57 Å². The van der Waals surface area contributed by atoms with Crippen molar-refractivity contribution in [3.63, 3.8) is 0 Å². The fraction of sp³-hybridized carbons (Fsp3) is 0.667. The topological polar surface area (TPSA) is 29.9 Å². The average Bonchev–Trinajstić information content (AvgIpc) is 2.85. The van der Waals surface area contributed by atoms with E-state index in [1.165, 1.54) is 32.1 Å². The van der Waals surface area contributed by atoms with Gasteiger partial charge < -0.3 is 5.32 Å². The molecule has 0 unspecified atom stereocenters. The summed E-state index contributed by atoms with van der Waals surface area (Å²) in [6.07, 6.45) is 11.0. The number of hydrogen-bond donors (Lipinski definition) is 1. The van der Waals surface area contributed by atoms with E-state index in [4.69, 9.17) is 0 Å².